The van der Waals surface area contributed by atoms with Gasteiger partial charge in [-0.3, -0.25) is 9.59 Å². The first-order valence-corrected chi connectivity index (χ1v) is 11.7. The highest BCUT2D eigenvalue weighted by atomic mass is 32.1. The van der Waals surface area contributed by atoms with Crippen LogP contribution in [0.2, 0.25) is 0 Å². The monoisotopic (exact) mass is 495 g/mol. The molecule has 2 N–H and O–H groups in total. The minimum Gasteiger partial charge on any atom is -0.454 e. The molecule has 0 fully saturated rings. The number of hydrogen-bond donors (Lipinski definition) is 2. The number of benzene rings is 2. The SMILES string of the molecule is CC(=O)c1cc2c(cc1NC(=O)COC(=O)c1cc3sc(Nc4ccccc4)nc3s1)OCO2. The van der Waals surface area contributed by atoms with Gasteiger partial charge < -0.3 is 24.8 Å². The summed E-state index contributed by atoms with van der Waals surface area (Å²) in [5.74, 6) is -0.605. The first-order valence-electron chi connectivity index (χ1n) is 10.1. The van der Waals surface area contributed by atoms with Crippen LogP contribution in [0.5, 0.6) is 11.5 Å². The van der Waals surface area contributed by atoms with Gasteiger partial charge in [-0.1, -0.05) is 29.5 Å². The standard InChI is InChI=1S/C23H17N3O6S2/c1-12(27)14-7-16-17(32-11-31-16)8-15(14)25-20(28)10-30-22(29)19-9-18-21(33-19)26-23(34-18)24-13-5-3-2-4-6-13/h2-9H,10-11H2,1H3,(H,24,26)(H,25,28). The number of thiazole rings is 1. The highest BCUT2D eigenvalue weighted by molar-refractivity contribution is 7.29. The van der Waals surface area contributed by atoms with Gasteiger partial charge >= 0.3 is 5.97 Å². The fourth-order valence-electron chi connectivity index (χ4n) is 3.26. The number of aromatic nitrogens is 1. The minimum absolute atomic E-state index is 0.0403. The zero-order valence-electron chi connectivity index (χ0n) is 17.7. The number of thiophene rings is 1. The summed E-state index contributed by atoms with van der Waals surface area (Å²) in [7, 11) is 0. The molecule has 172 valence electrons. The van der Waals surface area contributed by atoms with Crippen LogP contribution in [0.4, 0.5) is 16.5 Å². The van der Waals surface area contributed by atoms with Crippen LogP contribution in [0.3, 0.4) is 0 Å². The largest absolute Gasteiger partial charge is 0.454 e. The normalized spacial score (nSPS) is 11.9. The van der Waals surface area contributed by atoms with Crippen molar-refractivity contribution in [3.63, 3.8) is 0 Å². The van der Waals surface area contributed by atoms with E-state index in [1.54, 1.807) is 6.07 Å². The highest BCUT2D eigenvalue weighted by Gasteiger charge is 2.21. The van der Waals surface area contributed by atoms with Crippen LogP contribution in [0.1, 0.15) is 27.0 Å². The number of ketones is 1. The molecule has 2 aromatic carbocycles. The van der Waals surface area contributed by atoms with Crippen LogP contribution >= 0.6 is 22.7 Å². The number of anilines is 3. The second-order valence-corrected chi connectivity index (χ2v) is 9.28. The number of para-hydroxylation sites is 1. The Morgan fingerprint density at radius 2 is 1.82 bits per heavy atom. The Hall–Kier alpha value is -3.96. The lowest BCUT2D eigenvalue weighted by Gasteiger charge is -2.10. The molecule has 0 radical (unpaired) electrons. The maximum absolute atomic E-state index is 12.5. The second kappa shape index (κ2) is 9.12. The van der Waals surface area contributed by atoms with Crippen molar-refractivity contribution in [1.82, 2.24) is 4.98 Å². The summed E-state index contributed by atoms with van der Waals surface area (Å²) in [4.78, 5) is 42.3. The van der Waals surface area contributed by atoms with E-state index in [4.69, 9.17) is 14.2 Å². The summed E-state index contributed by atoms with van der Waals surface area (Å²) in [6.45, 7) is 0.910. The molecule has 9 nitrogen and oxygen atoms in total. The van der Waals surface area contributed by atoms with Gasteiger partial charge in [0.1, 0.15) is 9.71 Å². The summed E-state index contributed by atoms with van der Waals surface area (Å²) >= 11 is 2.61. The third-order valence-corrected chi connectivity index (χ3v) is 6.87. The van der Waals surface area contributed by atoms with Gasteiger partial charge in [0.25, 0.3) is 5.91 Å². The lowest BCUT2D eigenvalue weighted by molar-refractivity contribution is -0.119. The van der Waals surface area contributed by atoms with E-state index in [0.717, 1.165) is 15.5 Å². The number of carbonyl (C=O) groups is 3. The number of fused-ring (bicyclic) bond motifs is 2. The summed E-state index contributed by atoms with van der Waals surface area (Å²) in [5, 5.41) is 6.54. The van der Waals surface area contributed by atoms with E-state index in [1.165, 1.54) is 41.7 Å². The summed E-state index contributed by atoms with van der Waals surface area (Å²) in [6.07, 6.45) is 0. The van der Waals surface area contributed by atoms with Gasteiger partial charge in [0.15, 0.2) is 29.0 Å². The van der Waals surface area contributed by atoms with E-state index in [0.29, 0.717) is 21.2 Å². The topological polar surface area (TPSA) is 116 Å². The van der Waals surface area contributed by atoms with Gasteiger partial charge in [0.2, 0.25) is 6.79 Å². The van der Waals surface area contributed by atoms with E-state index in [1.807, 2.05) is 30.3 Å². The number of amides is 1. The second-order valence-electron chi connectivity index (χ2n) is 7.22. The third-order valence-electron chi connectivity index (χ3n) is 4.82. The lowest BCUT2D eigenvalue weighted by Crippen LogP contribution is -2.21. The van der Waals surface area contributed by atoms with Gasteiger partial charge in [0.05, 0.1) is 10.4 Å². The average molecular weight is 496 g/mol. The van der Waals surface area contributed by atoms with E-state index in [2.05, 4.69) is 15.6 Å². The molecule has 0 aliphatic carbocycles. The molecule has 11 heteroatoms. The van der Waals surface area contributed by atoms with Crippen molar-refractivity contribution in [3.8, 4) is 11.5 Å². The van der Waals surface area contributed by atoms with E-state index < -0.39 is 18.5 Å². The molecule has 4 aromatic rings. The van der Waals surface area contributed by atoms with E-state index >= 15 is 0 Å². The molecule has 1 amide bonds. The number of Topliss-reactive ketones (excluding diaryl/α,β-unsaturated/α-hetero) is 1. The quantitative estimate of drug-likeness (QED) is 0.277. The Labute approximate surface area is 201 Å². The molecular weight excluding hydrogens is 478 g/mol. The van der Waals surface area contributed by atoms with Crippen molar-refractivity contribution in [2.45, 2.75) is 6.92 Å². The molecule has 3 heterocycles. The summed E-state index contributed by atoms with van der Waals surface area (Å²) in [5.41, 5.74) is 1.45. The zero-order chi connectivity index (χ0) is 23.7. The number of esters is 1. The molecule has 0 saturated carbocycles. The molecule has 0 spiro atoms. The van der Waals surface area contributed by atoms with Gasteiger partial charge in [0, 0.05) is 17.3 Å². The third kappa shape index (κ3) is 4.56. The number of rotatable bonds is 7. The molecule has 1 aliphatic rings. The lowest BCUT2D eigenvalue weighted by atomic mass is 10.1. The average Bonchev–Trinajstić information content (AvgIpc) is 3.52. The zero-order valence-corrected chi connectivity index (χ0v) is 19.4. The van der Waals surface area contributed by atoms with Gasteiger partial charge in [-0.05, 0) is 31.2 Å². The number of nitrogens with one attached hydrogen (secondary N) is 2. The van der Waals surface area contributed by atoms with Crippen LogP contribution in [0.15, 0.2) is 48.5 Å². The van der Waals surface area contributed by atoms with Crippen molar-refractivity contribution >= 4 is 66.4 Å². The fraction of sp³-hybridized carbons (Fsp3) is 0.130. The van der Waals surface area contributed by atoms with Gasteiger partial charge in [-0.15, -0.1) is 11.3 Å². The molecule has 0 unspecified atom stereocenters. The van der Waals surface area contributed by atoms with Crippen LogP contribution < -0.4 is 20.1 Å². The van der Waals surface area contributed by atoms with Crippen molar-refractivity contribution in [3.05, 3.63) is 59.0 Å². The Morgan fingerprint density at radius 1 is 1.06 bits per heavy atom. The molecule has 0 saturated heterocycles. The summed E-state index contributed by atoms with van der Waals surface area (Å²) in [6, 6.07) is 14.4. The van der Waals surface area contributed by atoms with Crippen LogP contribution in [-0.2, 0) is 9.53 Å². The Kier molecular flexibility index (Phi) is 5.86. The summed E-state index contributed by atoms with van der Waals surface area (Å²) < 4.78 is 16.6. The number of carbonyl (C=O) groups excluding carboxylic acids is 3. The Bertz CT molecular complexity index is 1380. The van der Waals surface area contributed by atoms with Crippen molar-refractivity contribution in [1.29, 1.82) is 0 Å². The molecule has 1 aliphatic heterocycles. The van der Waals surface area contributed by atoms with Crippen molar-refractivity contribution < 1.29 is 28.6 Å². The predicted octanol–water partition coefficient (Wildman–Crippen LogP) is 4.83. The van der Waals surface area contributed by atoms with Crippen LogP contribution in [0, 0.1) is 0 Å². The van der Waals surface area contributed by atoms with Gasteiger partial charge in [-0.25, -0.2) is 9.78 Å². The van der Waals surface area contributed by atoms with Crippen LogP contribution in [0.25, 0.3) is 9.53 Å². The molecular formula is C23H17N3O6S2. The number of hydrogen-bond acceptors (Lipinski definition) is 10. The predicted molar refractivity (Wildman–Crippen MR) is 129 cm³/mol. The molecule has 0 atom stereocenters. The van der Waals surface area contributed by atoms with Crippen LogP contribution in [-0.4, -0.2) is 36.0 Å². The maximum atomic E-state index is 12.5. The first kappa shape index (κ1) is 21.9. The number of ether oxygens (including phenoxy) is 3. The van der Waals surface area contributed by atoms with Gasteiger partial charge in [-0.2, -0.15) is 0 Å². The molecule has 0 bridgehead atoms. The number of nitrogens with zero attached hydrogens (tertiary/aromatic N) is 1. The smallest absolute Gasteiger partial charge is 0.348 e. The fourth-order valence-corrected chi connectivity index (χ4v) is 5.29. The highest BCUT2D eigenvalue weighted by Crippen LogP contribution is 2.37. The van der Waals surface area contributed by atoms with Crippen molar-refractivity contribution in [2.24, 2.45) is 0 Å². The molecule has 2 aromatic heterocycles. The van der Waals surface area contributed by atoms with E-state index in [-0.39, 0.29) is 23.8 Å². The molecule has 5 rings (SSSR count). The minimum atomic E-state index is -0.625. The van der Waals surface area contributed by atoms with E-state index in [9.17, 15) is 14.4 Å². The first-order chi connectivity index (χ1) is 16.5. The molecule has 34 heavy (non-hydrogen) atoms. The Morgan fingerprint density at radius 3 is 2.56 bits per heavy atom. The van der Waals surface area contributed by atoms with Crippen molar-refractivity contribution in [2.75, 3.05) is 24.0 Å². The Balaban J connectivity index is 1.21. The maximum Gasteiger partial charge on any atom is 0.348 e.